The van der Waals surface area contributed by atoms with E-state index in [2.05, 4.69) is 36.5 Å². The third kappa shape index (κ3) is 4.16. The number of nitrogens with zero attached hydrogens (tertiary/aromatic N) is 5. The Morgan fingerprint density at radius 3 is 2.58 bits per heavy atom. The third-order valence-corrected chi connectivity index (χ3v) is 6.22. The highest BCUT2D eigenvalue weighted by molar-refractivity contribution is 5.79. The van der Waals surface area contributed by atoms with E-state index in [1.807, 2.05) is 33.3 Å². The van der Waals surface area contributed by atoms with Gasteiger partial charge in [-0.15, -0.1) is 0 Å². The second kappa shape index (κ2) is 8.12. The fourth-order valence-electron chi connectivity index (χ4n) is 4.28. The Bertz CT molecular complexity index is 998. The van der Waals surface area contributed by atoms with E-state index in [0.29, 0.717) is 34.5 Å². The molecule has 2 bridgehead atoms. The van der Waals surface area contributed by atoms with E-state index in [0.717, 1.165) is 44.0 Å². The Labute approximate surface area is 183 Å². The first-order valence-corrected chi connectivity index (χ1v) is 10.5. The standard InChI is InChI=1S/C22H30N8O/c1-29(2)5-6-30(3)18-8-19(31-4)17(7-16(18)24)26-21-25-13-15(12-23)20(27-21)28-22-9-14(10-22)11-22/h7-8,13-14H,5-6,9-11,24H2,1-4H3,(H2,25,26,27,28). The third-order valence-electron chi connectivity index (χ3n) is 6.22. The van der Waals surface area contributed by atoms with Crippen LogP contribution in [0.4, 0.5) is 28.8 Å². The number of ether oxygens (including phenoxy) is 1. The molecule has 3 aliphatic carbocycles. The molecule has 9 nitrogen and oxygen atoms in total. The van der Waals surface area contributed by atoms with Crippen molar-refractivity contribution in [3.05, 3.63) is 23.9 Å². The molecule has 3 aliphatic rings. The van der Waals surface area contributed by atoms with Gasteiger partial charge in [0.05, 0.1) is 30.4 Å². The van der Waals surface area contributed by atoms with Gasteiger partial charge in [-0.2, -0.15) is 10.2 Å². The molecular weight excluding hydrogens is 392 g/mol. The molecule has 0 atom stereocenters. The van der Waals surface area contributed by atoms with Gasteiger partial charge in [-0.05, 0) is 45.3 Å². The van der Waals surface area contributed by atoms with Crippen molar-refractivity contribution in [1.29, 1.82) is 5.26 Å². The predicted molar refractivity (Wildman–Crippen MR) is 123 cm³/mol. The Morgan fingerprint density at radius 2 is 2.00 bits per heavy atom. The summed E-state index contributed by atoms with van der Waals surface area (Å²) in [5.74, 6) is 2.44. The molecule has 0 unspecified atom stereocenters. The Morgan fingerprint density at radius 1 is 1.26 bits per heavy atom. The summed E-state index contributed by atoms with van der Waals surface area (Å²) < 4.78 is 5.60. The number of hydrogen-bond acceptors (Lipinski definition) is 9. The minimum atomic E-state index is 0.114. The average molecular weight is 423 g/mol. The Balaban J connectivity index is 1.55. The van der Waals surface area contributed by atoms with Gasteiger partial charge >= 0.3 is 0 Å². The molecule has 1 heterocycles. The number of nitriles is 1. The molecule has 0 spiro atoms. The van der Waals surface area contributed by atoms with Crippen molar-refractivity contribution < 1.29 is 4.74 Å². The van der Waals surface area contributed by atoms with Crippen LogP contribution in [0, 0.1) is 17.2 Å². The van der Waals surface area contributed by atoms with Gasteiger partial charge in [-0.25, -0.2) is 4.98 Å². The van der Waals surface area contributed by atoms with Crippen molar-refractivity contribution in [2.45, 2.75) is 24.8 Å². The zero-order valence-corrected chi connectivity index (χ0v) is 18.6. The van der Waals surface area contributed by atoms with Crippen LogP contribution in [0.5, 0.6) is 5.75 Å². The molecule has 31 heavy (non-hydrogen) atoms. The molecular formula is C22H30N8O. The van der Waals surface area contributed by atoms with Crippen LogP contribution in [-0.2, 0) is 0 Å². The van der Waals surface area contributed by atoms with E-state index < -0.39 is 0 Å². The van der Waals surface area contributed by atoms with Crippen LogP contribution in [0.15, 0.2) is 18.3 Å². The maximum atomic E-state index is 9.44. The van der Waals surface area contributed by atoms with Crippen molar-refractivity contribution in [2.75, 3.05) is 62.6 Å². The fourth-order valence-corrected chi connectivity index (χ4v) is 4.28. The molecule has 3 fully saturated rings. The predicted octanol–water partition coefficient (Wildman–Crippen LogP) is 2.64. The molecule has 2 aromatic rings. The molecule has 0 amide bonds. The zero-order valence-electron chi connectivity index (χ0n) is 18.6. The number of nitrogen functional groups attached to an aromatic ring is 1. The highest BCUT2D eigenvalue weighted by atomic mass is 16.5. The Hall–Kier alpha value is -3.25. The van der Waals surface area contributed by atoms with Crippen molar-refractivity contribution in [1.82, 2.24) is 14.9 Å². The summed E-state index contributed by atoms with van der Waals surface area (Å²) in [6.07, 6.45) is 5.00. The molecule has 4 N–H and O–H groups in total. The van der Waals surface area contributed by atoms with Gasteiger partial charge in [0.1, 0.15) is 23.2 Å². The van der Waals surface area contributed by atoms with E-state index in [9.17, 15) is 5.26 Å². The average Bonchev–Trinajstić information content (AvgIpc) is 2.68. The molecule has 3 saturated carbocycles. The minimum Gasteiger partial charge on any atom is -0.494 e. The van der Waals surface area contributed by atoms with Crippen LogP contribution in [0.2, 0.25) is 0 Å². The zero-order chi connectivity index (χ0) is 22.2. The molecule has 1 aromatic carbocycles. The van der Waals surface area contributed by atoms with Crippen LogP contribution in [0.1, 0.15) is 24.8 Å². The number of likely N-dealkylation sites (N-methyl/N-ethyl adjacent to an activating group) is 2. The largest absolute Gasteiger partial charge is 0.494 e. The van der Waals surface area contributed by atoms with Gasteiger partial charge in [0.2, 0.25) is 5.95 Å². The van der Waals surface area contributed by atoms with Crippen molar-refractivity contribution in [2.24, 2.45) is 5.92 Å². The molecule has 0 aliphatic heterocycles. The molecule has 9 heteroatoms. The monoisotopic (exact) mass is 422 g/mol. The van der Waals surface area contributed by atoms with Crippen LogP contribution in [0.25, 0.3) is 0 Å². The topological polar surface area (TPSA) is 115 Å². The lowest BCUT2D eigenvalue weighted by atomic mass is 9.50. The summed E-state index contributed by atoms with van der Waals surface area (Å²) in [6, 6.07) is 5.92. The van der Waals surface area contributed by atoms with Crippen LogP contribution >= 0.6 is 0 Å². The second-order valence-corrected chi connectivity index (χ2v) is 8.91. The van der Waals surface area contributed by atoms with Crippen LogP contribution in [-0.4, -0.2) is 61.7 Å². The maximum absolute atomic E-state index is 9.44. The van der Waals surface area contributed by atoms with E-state index in [4.69, 9.17) is 10.5 Å². The smallest absolute Gasteiger partial charge is 0.229 e. The molecule has 164 valence electrons. The number of anilines is 5. The summed E-state index contributed by atoms with van der Waals surface area (Å²) >= 11 is 0. The summed E-state index contributed by atoms with van der Waals surface area (Å²) in [5, 5.41) is 16.1. The highest BCUT2D eigenvalue weighted by Crippen LogP contribution is 2.58. The molecule has 5 rings (SSSR count). The lowest BCUT2D eigenvalue weighted by Crippen LogP contribution is -2.63. The first kappa shape index (κ1) is 21.0. The summed E-state index contributed by atoms with van der Waals surface area (Å²) in [7, 11) is 7.71. The number of nitrogens with one attached hydrogen (secondary N) is 2. The van der Waals surface area contributed by atoms with Gasteiger partial charge in [-0.3, -0.25) is 0 Å². The fraction of sp³-hybridized carbons (Fsp3) is 0.500. The summed E-state index contributed by atoms with van der Waals surface area (Å²) in [5.41, 5.74) is 9.11. The normalized spacial score (nSPS) is 21.0. The first-order valence-electron chi connectivity index (χ1n) is 10.5. The summed E-state index contributed by atoms with van der Waals surface area (Å²) in [6.45, 7) is 1.75. The first-order chi connectivity index (χ1) is 14.8. The van der Waals surface area contributed by atoms with Gasteiger partial charge in [-0.1, -0.05) is 0 Å². The van der Waals surface area contributed by atoms with Crippen LogP contribution < -0.4 is 26.0 Å². The van der Waals surface area contributed by atoms with Crippen molar-refractivity contribution >= 4 is 28.8 Å². The number of rotatable bonds is 9. The van der Waals surface area contributed by atoms with Gasteiger partial charge in [0.25, 0.3) is 0 Å². The number of aromatic nitrogens is 2. The SMILES string of the molecule is COc1cc(N(C)CCN(C)C)c(N)cc1Nc1ncc(C#N)c(NC23CC(C2)C3)n1. The lowest BCUT2D eigenvalue weighted by Gasteiger charge is -2.62. The number of hydrogen-bond donors (Lipinski definition) is 3. The number of benzene rings is 1. The second-order valence-electron chi connectivity index (χ2n) is 8.91. The maximum Gasteiger partial charge on any atom is 0.229 e. The van der Waals surface area contributed by atoms with E-state index >= 15 is 0 Å². The van der Waals surface area contributed by atoms with Gasteiger partial charge < -0.3 is 30.9 Å². The molecule has 0 radical (unpaired) electrons. The van der Waals surface area contributed by atoms with Crippen LogP contribution in [0.3, 0.4) is 0 Å². The van der Waals surface area contributed by atoms with E-state index in [1.54, 1.807) is 13.3 Å². The van der Waals surface area contributed by atoms with Crippen molar-refractivity contribution in [3.8, 4) is 11.8 Å². The molecule has 0 saturated heterocycles. The lowest BCUT2D eigenvalue weighted by molar-refractivity contribution is 0.00179. The van der Waals surface area contributed by atoms with E-state index in [1.165, 1.54) is 0 Å². The highest BCUT2D eigenvalue weighted by Gasteiger charge is 2.57. The van der Waals surface area contributed by atoms with Crippen molar-refractivity contribution in [3.63, 3.8) is 0 Å². The van der Waals surface area contributed by atoms with Gasteiger partial charge in [0, 0.05) is 31.7 Å². The van der Waals surface area contributed by atoms with Gasteiger partial charge in [0.15, 0.2) is 0 Å². The number of nitrogens with two attached hydrogens (primary N) is 1. The number of methoxy groups -OCH3 is 1. The summed E-state index contributed by atoms with van der Waals surface area (Å²) in [4.78, 5) is 13.1. The van der Waals surface area contributed by atoms with E-state index in [-0.39, 0.29) is 5.54 Å². The molecule has 1 aromatic heterocycles. The quantitative estimate of drug-likeness (QED) is 0.524. The minimum absolute atomic E-state index is 0.114. The Kier molecular flexibility index (Phi) is 5.50.